The third kappa shape index (κ3) is 2.03. The number of hydrogen-bond donors (Lipinski definition) is 1. The van der Waals surface area contributed by atoms with Gasteiger partial charge in [0.2, 0.25) is 0 Å². The lowest BCUT2D eigenvalue weighted by Crippen LogP contribution is -2.19. The van der Waals surface area contributed by atoms with Gasteiger partial charge >= 0.3 is 10.0 Å². The van der Waals surface area contributed by atoms with Gasteiger partial charge in [0.25, 0.3) is 5.16 Å². The van der Waals surface area contributed by atoms with Crippen LogP contribution in [0.3, 0.4) is 0 Å². The second-order valence-electron chi connectivity index (χ2n) is 5.06. The van der Waals surface area contributed by atoms with Crippen molar-refractivity contribution in [1.29, 1.82) is 0 Å². The highest BCUT2D eigenvalue weighted by molar-refractivity contribution is 7.89. The van der Waals surface area contributed by atoms with Gasteiger partial charge in [-0.1, -0.05) is 20.8 Å². The lowest BCUT2D eigenvalue weighted by atomic mass is 9.92. The van der Waals surface area contributed by atoms with Crippen LogP contribution >= 0.6 is 0 Å². The first-order chi connectivity index (χ1) is 8.23. The van der Waals surface area contributed by atoms with Crippen LogP contribution in [0.5, 0.6) is 0 Å². The number of aryl methyl sites for hydroxylation is 1. The fourth-order valence-electron chi connectivity index (χ4n) is 1.47. The van der Waals surface area contributed by atoms with E-state index < -0.39 is 10.0 Å². The summed E-state index contributed by atoms with van der Waals surface area (Å²) < 4.78 is 25.4. The number of nitrogens with one attached hydrogen (secondary N) is 1. The molecule has 0 aliphatic heterocycles. The molecule has 0 unspecified atom stereocenters. The van der Waals surface area contributed by atoms with E-state index in [2.05, 4.69) is 20.3 Å². The summed E-state index contributed by atoms with van der Waals surface area (Å²) in [7, 11) is -3.79. The average molecular weight is 269 g/mol. The van der Waals surface area contributed by atoms with Crippen molar-refractivity contribution >= 4 is 10.0 Å². The van der Waals surface area contributed by atoms with Crippen molar-refractivity contribution in [3.8, 4) is 0 Å². The Kier molecular flexibility index (Phi) is 2.77. The maximum atomic E-state index is 12.2. The van der Waals surface area contributed by atoms with E-state index in [0.717, 1.165) is 10.4 Å². The van der Waals surface area contributed by atoms with Crippen molar-refractivity contribution in [2.75, 3.05) is 0 Å². The standard InChI is InChI=1S/C10H15N5O2S/c1-7-5-8(10(2,3)4)14-15(7)18(16,17)9-11-6-12-13-9/h5-6H,1-4H3,(H,11,12,13). The summed E-state index contributed by atoms with van der Waals surface area (Å²) in [6, 6.07) is 1.76. The molecule has 0 atom stereocenters. The molecule has 0 fully saturated rings. The summed E-state index contributed by atoms with van der Waals surface area (Å²) in [5.41, 5.74) is 1.03. The fourth-order valence-corrected chi connectivity index (χ4v) is 2.61. The number of aromatic amines is 1. The maximum absolute atomic E-state index is 12.2. The van der Waals surface area contributed by atoms with Crippen LogP contribution in [0.25, 0.3) is 0 Å². The molecule has 2 aromatic heterocycles. The maximum Gasteiger partial charge on any atom is 0.318 e. The number of aromatic nitrogens is 5. The van der Waals surface area contributed by atoms with Crippen molar-refractivity contribution in [3.63, 3.8) is 0 Å². The van der Waals surface area contributed by atoms with E-state index in [1.54, 1.807) is 13.0 Å². The van der Waals surface area contributed by atoms with E-state index in [4.69, 9.17) is 0 Å². The molecule has 0 bridgehead atoms. The zero-order valence-corrected chi connectivity index (χ0v) is 11.5. The zero-order chi connectivity index (χ0) is 13.6. The van der Waals surface area contributed by atoms with Crippen LogP contribution in [0.15, 0.2) is 17.6 Å². The van der Waals surface area contributed by atoms with Crippen LogP contribution < -0.4 is 0 Å². The van der Waals surface area contributed by atoms with Crippen LogP contribution in [-0.2, 0) is 15.4 Å². The summed E-state index contributed by atoms with van der Waals surface area (Å²) >= 11 is 0. The van der Waals surface area contributed by atoms with Gasteiger partial charge in [-0.2, -0.15) is 22.7 Å². The van der Waals surface area contributed by atoms with Gasteiger partial charge in [0.1, 0.15) is 6.33 Å². The molecule has 1 N–H and O–H groups in total. The highest BCUT2D eigenvalue weighted by Crippen LogP contribution is 2.23. The smallest absolute Gasteiger partial charge is 0.248 e. The van der Waals surface area contributed by atoms with Gasteiger partial charge in [0.05, 0.1) is 11.4 Å². The Hall–Kier alpha value is -1.70. The second kappa shape index (κ2) is 3.91. The van der Waals surface area contributed by atoms with Gasteiger partial charge < -0.3 is 0 Å². The van der Waals surface area contributed by atoms with Crippen molar-refractivity contribution in [2.24, 2.45) is 0 Å². The Balaban J connectivity index is 2.57. The van der Waals surface area contributed by atoms with Gasteiger partial charge in [0, 0.05) is 5.41 Å². The van der Waals surface area contributed by atoms with Gasteiger partial charge in [0.15, 0.2) is 0 Å². The molecule has 0 radical (unpaired) electrons. The molecule has 0 aromatic carbocycles. The number of H-pyrrole nitrogens is 1. The summed E-state index contributed by atoms with van der Waals surface area (Å²) in [4.78, 5) is 3.66. The van der Waals surface area contributed by atoms with Crippen molar-refractivity contribution in [2.45, 2.75) is 38.3 Å². The summed E-state index contributed by atoms with van der Waals surface area (Å²) in [5, 5.41) is 9.82. The Morgan fingerprint density at radius 2 is 2.00 bits per heavy atom. The fraction of sp³-hybridized carbons (Fsp3) is 0.500. The quantitative estimate of drug-likeness (QED) is 0.872. The van der Waals surface area contributed by atoms with Crippen LogP contribution in [0.2, 0.25) is 0 Å². The lowest BCUT2D eigenvalue weighted by molar-refractivity contribution is 0.548. The minimum atomic E-state index is -3.79. The molecule has 0 amide bonds. The largest absolute Gasteiger partial charge is 0.318 e. The molecule has 18 heavy (non-hydrogen) atoms. The van der Waals surface area contributed by atoms with E-state index in [-0.39, 0.29) is 10.6 Å². The van der Waals surface area contributed by atoms with Gasteiger partial charge in [-0.25, -0.2) is 10.1 Å². The lowest BCUT2D eigenvalue weighted by Gasteiger charge is -2.14. The molecule has 98 valence electrons. The van der Waals surface area contributed by atoms with Crippen molar-refractivity contribution in [1.82, 2.24) is 24.4 Å². The average Bonchev–Trinajstić information content (AvgIpc) is 2.83. The molecule has 0 spiro atoms. The molecule has 2 aromatic rings. The molecule has 8 heteroatoms. The molecule has 0 saturated heterocycles. The Labute approximate surface area is 105 Å². The molecule has 2 rings (SSSR count). The van der Waals surface area contributed by atoms with E-state index in [1.807, 2.05) is 20.8 Å². The van der Waals surface area contributed by atoms with Crippen molar-refractivity contribution < 1.29 is 8.42 Å². The Bertz CT molecular complexity index is 649. The van der Waals surface area contributed by atoms with E-state index in [9.17, 15) is 8.42 Å². The molecule has 2 heterocycles. The monoisotopic (exact) mass is 269 g/mol. The molecular formula is C10H15N5O2S. The molecule has 7 nitrogen and oxygen atoms in total. The zero-order valence-electron chi connectivity index (χ0n) is 10.7. The second-order valence-corrected chi connectivity index (χ2v) is 6.74. The van der Waals surface area contributed by atoms with E-state index in [0.29, 0.717) is 11.4 Å². The van der Waals surface area contributed by atoms with Crippen LogP contribution in [0.4, 0.5) is 0 Å². The summed E-state index contributed by atoms with van der Waals surface area (Å²) in [5.74, 6) is 0. The normalized spacial score (nSPS) is 12.9. The molecule has 0 aliphatic rings. The molecule has 0 saturated carbocycles. The summed E-state index contributed by atoms with van der Waals surface area (Å²) in [6.45, 7) is 7.61. The van der Waals surface area contributed by atoms with E-state index >= 15 is 0 Å². The van der Waals surface area contributed by atoms with Crippen LogP contribution in [-0.4, -0.2) is 32.8 Å². The highest BCUT2D eigenvalue weighted by Gasteiger charge is 2.26. The highest BCUT2D eigenvalue weighted by atomic mass is 32.2. The topological polar surface area (TPSA) is 93.5 Å². The first-order valence-corrected chi connectivity index (χ1v) is 6.85. The summed E-state index contributed by atoms with van der Waals surface area (Å²) in [6.07, 6.45) is 1.15. The van der Waals surface area contributed by atoms with Crippen LogP contribution in [0, 0.1) is 6.92 Å². The SMILES string of the molecule is Cc1cc(C(C)(C)C)nn1S(=O)(=O)c1ncn[nH]1. The Morgan fingerprint density at radius 1 is 1.33 bits per heavy atom. The van der Waals surface area contributed by atoms with Gasteiger partial charge in [-0.3, -0.25) is 0 Å². The number of nitrogens with zero attached hydrogens (tertiary/aromatic N) is 4. The molecule has 0 aliphatic carbocycles. The third-order valence-corrected chi connectivity index (χ3v) is 3.99. The predicted molar refractivity (Wildman–Crippen MR) is 64.6 cm³/mol. The third-order valence-electron chi connectivity index (χ3n) is 2.48. The Morgan fingerprint density at radius 3 is 2.44 bits per heavy atom. The van der Waals surface area contributed by atoms with Crippen LogP contribution in [0.1, 0.15) is 32.2 Å². The van der Waals surface area contributed by atoms with Gasteiger partial charge in [-0.15, -0.1) is 0 Å². The minimum Gasteiger partial charge on any atom is -0.248 e. The number of hydrogen-bond acceptors (Lipinski definition) is 5. The van der Waals surface area contributed by atoms with Gasteiger partial charge in [-0.05, 0) is 13.0 Å². The predicted octanol–water partition coefficient (Wildman–Crippen LogP) is 0.844. The first kappa shape index (κ1) is 12.7. The molecular weight excluding hydrogens is 254 g/mol. The van der Waals surface area contributed by atoms with Crippen molar-refractivity contribution in [3.05, 3.63) is 23.8 Å². The first-order valence-electron chi connectivity index (χ1n) is 5.41. The van der Waals surface area contributed by atoms with E-state index in [1.165, 1.54) is 0 Å². The minimum absolute atomic E-state index is 0.214. The number of rotatable bonds is 2.